The van der Waals surface area contributed by atoms with Gasteiger partial charge >= 0.3 is 0 Å². The van der Waals surface area contributed by atoms with Crippen molar-refractivity contribution in [1.82, 2.24) is 4.98 Å². The van der Waals surface area contributed by atoms with Gasteiger partial charge in [0.05, 0.1) is 18.9 Å². The fourth-order valence-corrected chi connectivity index (χ4v) is 2.16. The average molecular weight is 323 g/mol. The van der Waals surface area contributed by atoms with E-state index in [0.717, 1.165) is 15.8 Å². The van der Waals surface area contributed by atoms with Gasteiger partial charge in [0.25, 0.3) is 0 Å². The van der Waals surface area contributed by atoms with Gasteiger partial charge in [0.1, 0.15) is 17.2 Å². The Bertz CT molecular complexity index is 573. The zero-order valence-electron chi connectivity index (χ0n) is 10.8. The van der Waals surface area contributed by atoms with Crippen LogP contribution in [0.3, 0.4) is 0 Å². The second-order valence-electron chi connectivity index (χ2n) is 4.10. The molecule has 1 aromatic heterocycles. The van der Waals surface area contributed by atoms with Crippen LogP contribution in [-0.2, 0) is 0 Å². The third-order valence-corrected chi connectivity index (χ3v) is 3.04. The van der Waals surface area contributed by atoms with E-state index in [2.05, 4.69) is 20.9 Å². The van der Waals surface area contributed by atoms with Crippen molar-refractivity contribution < 1.29 is 9.47 Å². The number of methoxy groups -OCH3 is 1. The minimum atomic E-state index is -0.189. The first kappa shape index (κ1) is 13.8. The van der Waals surface area contributed by atoms with E-state index in [1.165, 1.54) is 0 Å². The number of pyridine rings is 1. The molecule has 19 heavy (non-hydrogen) atoms. The molecule has 0 aliphatic heterocycles. The second kappa shape index (κ2) is 6.04. The van der Waals surface area contributed by atoms with Crippen LogP contribution in [0.2, 0.25) is 0 Å². The Morgan fingerprint density at radius 1 is 1.26 bits per heavy atom. The lowest BCUT2D eigenvalue weighted by Crippen LogP contribution is -2.08. The van der Waals surface area contributed by atoms with Gasteiger partial charge < -0.3 is 15.2 Å². The van der Waals surface area contributed by atoms with E-state index in [9.17, 15) is 0 Å². The summed E-state index contributed by atoms with van der Waals surface area (Å²) >= 11 is 3.36. The van der Waals surface area contributed by atoms with Crippen LogP contribution < -0.4 is 15.2 Å². The molecule has 0 saturated heterocycles. The number of benzene rings is 1. The molecular weight excluding hydrogens is 308 g/mol. The van der Waals surface area contributed by atoms with Gasteiger partial charge in [0, 0.05) is 16.7 Å². The summed E-state index contributed by atoms with van der Waals surface area (Å²) in [5.74, 6) is 2.04. The third-order valence-electron chi connectivity index (χ3n) is 2.61. The fourth-order valence-electron chi connectivity index (χ4n) is 1.81. The molecule has 0 saturated carbocycles. The van der Waals surface area contributed by atoms with Crippen LogP contribution in [0.5, 0.6) is 17.2 Å². The Morgan fingerprint density at radius 3 is 2.63 bits per heavy atom. The standard InChI is InChI=1S/C14H15BrN2O2/c1-9(16)14-12(18-2)4-3-5-13(14)19-11-6-10(15)7-17-8-11/h3-9H,16H2,1-2H3/t9-/m1/s1. The van der Waals surface area contributed by atoms with Gasteiger partial charge in [0.2, 0.25) is 0 Å². The summed E-state index contributed by atoms with van der Waals surface area (Å²) in [6.45, 7) is 1.89. The molecule has 0 radical (unpaired) electrons. The Morgan fingerprint density at radius 2 is 2.00 bits per heavy atom. The van der Waals surface area contributed by atoms with Crippen LogP contribution in [0.1, 0.15) is 18.5 Å². The molecule has 0 aliphatic carbocycles. The van der Waals surface area contributed by atoms with Crippen molar-refractivity contribution in [2.45, 2.75) is 13.0 Å². The highest BCUT2D eigenvalue weighted by Gasteiger charge is 2.15. The topological polar surface area (TPSA) is 57.4 Å². The molecule has 0 fully saturated rings. The Labute approximate surface area is 120 Å². The molecule has 5 heteroatoms. The minimum Gasteiger partial charge on any atom is -0.496 e. The number of nitrogens with zero attached hydrogens (tertiary/aromatic N) is 1. The first-order valence-electron chi connectivity index (χ1n) is 5.82. The van der Waals surface area contributed by atoms with Crippen molar-refractivity contribution in [3.8, 4) is 17.2 Å². The predicted octanol–water partition coefficient (Wildman–Crippen LogP) is 3.66. The summed E-state index contributed by atoms with van der Waals surface area (Å²) in [5.41, 5.74) is 6.83. The Kier molecular flexibility index (Phi) is 4.39. The summed E-state index contributed by atoms with van der Waals surface area (Å²) in [6, 6.07) is 7.25. The Hall–Kier alpha value is -1.59. The monoisotopic (exact) mass is 322 g/mol. The number of aromatic nitrogens is 1. The highest BCUT2D eigenvalue weighted by Crippen LogP contribution is 2.35. The highest BCUT2D eigenvalue weighted by molar-refractivity contribution is 9.10. The predicted molar refractivity (Wildman–Crippen MR) is 77.6 cm³/mol. The maximum atomic E-state index is 5.99. The summed E-state index contributed by atoms with van der Waals surface area (Å²) in [7, 11) is 1.62. The SMILES string of the molecule is COc1cccc(Oc2cncc(Br)c2)c1[C@@H](C)N. The van der Waals surface area contributed by atoms with Crippen LogP contribution >= 0.6 is 15.9 Å². The van der Waals surface area contributed by atoms with Gasteiger partial charge in [-0.05, 0) is 41.1 Å². The van der Waals surface area contributed by atoms with E-state index >= 15 is 0 Å². The number of nitrogens with two attached hydrogens (primary N) is 1. The van der Waals surface area contributed by atoms with Crippen LogP contribution in [-0.4, -0.2) is 12.1 Å². The van der Waals surface area contributed by atoms with Crippen LogP contribution in [0.25, 0.3) is 0 Å². The third kappa shape index (κ3) is 3.24. The molecule has 0 aliphatic rings. The van der Waals surface area contributed by atoms with Crippen molar-refractivity contribution in [2.24, 2.45) is 5.73 Å². The lowest BCUT2D eigenvalue weighted by Gasteiger charge is -2.17. The number of ether oxygens (including phenoxy) is 2. The summed E-state index contributed by atoms with van der Waals surface area (Å²) in [6.07, 6.45) is 3.35. The molecule has 2 N–H and O–H groups in total. The van der Waals surface area contributed by atoms with E-state index in [-0.39, 0.29) is 6.04 Å². The quantitative estimate of drug-likeness (QED) is 0.933. The highest BCUT2D eigenvalue weighted by atomic mass is 79.9. The number of halogens is 1. The lowest BCUT2D eigenvalue weighted by atomic mass is 10.1. The summed E-state index contributed by atoms with van der Waals surface area (Å²) in [4.78, 5) is 4.06. The van der Waals surface area contributed by atoms with Crippen LogP contribution in [0, 0.1) is 0 Å². The summed E-state index contributed by atoms with van der Waals surface area (Å²) in [5, 5.41) is 0. The maximum absolute atomic E-state index is 5.99. The second-order valence-corrected chi connectivity index (χ2v) is 5.02. The minimum absolute atomic E-state index is 0.189. The molecule has 100 valence electrons. The lowest BCUT2D eigenvalue weighted by molar-refractivity contribution is 0.397. The van der Waals surface area contributed by atoms with E-state index < -0.39 is 0 Å². The molecule has 4 nitrogen and oxygen atoms in total. The molecule has 0 amide bonds. The van der Waals surface area contributed by atoms with Crippen molar-refractivity contribution in [3.05, 3.63) is 46.7 Å². The number of rotatable bonds is 4. The molecule has 0 spiro atoms. The summed E-state index contributed by atoms with van der Waals surface area (Å²) < 4.78 is 12.0. The van der Waals surface area contributed by atoms with Crippen LogP contribution in [0.4, 0.5) is 0 Å². The van der Waals surface area contributed by atoms with Crippen LogP contribution in [0.15, 0.2) is 41.1 Å². The molecular formula is C14H15BrN2O2. The van der Waals surface area contributed by atoms with Crippen molar-refractivity contribution in [1.29, 1.82) is 0 Å². The molecule has 0 unspecified atom stereocenters. The fraction of sp³-hybridized carbons (Fsp3) is 0.214. The van der Waals surface area contributed by atoms with E-state index in [0.29, 0.717) is 11.5 Å². The van der Waals surface area contributed by atoms with E-state index in [1.807, 2.05) is 31.2 Å². The van der Waals surface area contributed by atoms with Gasteiger partial charge in [-0.1, -0.05) is 6.07 Å². The maximum Gasteiger partial charge on any atom is 0.146 e. The average Bonchev–Trinajstić information content (AvgIpc) is 2.38. The van der Waals surface area contributed by atoms with Gasteiger partial charge in [-0.2, -0.15) is 0 Å². The number of hydrogen-bond acceptors (Lipinski definition) is 4. The van der Waals surface area contributed by atoms with Crippen molar-refractivity contribution >= 4 is 15.9 Å². The van der Waals surface area contributed by atoms with E-state index in [1.54, 1.807) is 19.5 Å². The first-order chi connectivity index (χ1) is 9.11. The molecule has 1 heterocycles. The largest absolute Gasteiger partial charge is 0.496 e. The van der Waals surface area contributed by atoms with Gasteiger partial charge in [-0.15, -0.1) is 0 Å². The van der Waals surface area contributed by atoms with Gasteiger partial charge in [0.15, 0.2) is 0 Å². The smallest absolute Gasteiger partial charge is 0.146 e. The van der Waals surface area contributed by atoms with E-state index in [4.69, 9.17) is 15.2 Å². The van der Waals surface area contributed by atoms with Crippen molar-refractivity contribution in [2.75, 3.05) is 7.11 Å². The zero-order valence-corrected chi connectivity index (χ0v) is 12.3. The zero-order chi connectivity index (χ0) is 13.8. The number of hydrogen-bond donors (Lipinski definition) is 1. The first-order valence-corrected chi connectivity index (χ1v) is 6.62. The normalized spacial score (nSPS) is 12.0. The van der Waals surface area contributed by atoms with Gasteiger partial charge in [-0.3, -0.25) is 4.98 Å². The molecule has 1 aromatic carbocycles. The Balaban J connectivity index is 2.39. The van der Waals surface area contributed by atoms with Crippen molar-refractivity contribution in [3.63, 3.8) is 0 Å². The van der Waals surface area contributed by atoms with Gasteiger partial charge in [-0.25, -0.2) is 0 Å². The molecule has 2 rings (SSSR count). The molecule has 2 aromatic rings. The molecule has 0 bridgehead atoms. The molecule has 1 atom stereocenters.